The molecule has 0 N–H and O–H groups in total. The van der Waals surface area contributed by atoms with Crippen molar-refractivity contribution in [3.63, 3.8) is 0 Å². The summed E-state index contributed by atoms with van der Waals surface area (Å²) in [7, 11) is 0. The summed E-state index contributed by atoms with van der Waals surface area (Å²) >= 11 is 0. The first kappa shape index (κ1) is 36.3. The molecule has 2 nitrogen and oxygen atoms in total. The molecule has 0 aliphatic rings. The van der Waals surface area contributed by atoms with Gasteiger partial charge in [0.05, 0.1) is 22.1 Å². The number of halogens is 6. The highest BCUT2D eigenvalue weighted by molar-refractivity contribution is 6.10. The van der Waals surface area contributed by atoms with Crippen LogP contribution in [0, 0.1) is 0 Å². The number of fused-ring (bicyclic) bond motifs is 6. The molecule has 0 amide bonds. The molecule has 0 aliphatic carbocycles. The summed E-state index contributed by atoms with van der Waals surface area (Å²) in [5.74, 6) is 0. The summed E-state index contributed by atoms with van der Waals surface area (Å²) in [5, 5.41) is 4.39. The molecule has 0 saturated heterocycles. The quantitative estimate of drug-likeness (QED) is 0.149. The SMILES string of the molecule is FC(F)(F)C(c1ccc(-c2ccc(-n3c4ccccc4c4ccccc43)cc2)cc1)(c1ccc(-c2ccc(-n3c4ccccc4c4ccccc43)cc2)cc1)C(F)(F)F. The average Bonchev–Trinajstić information content (AvgIpc) is 3.77. The second-order valence-corrected chi connectivity index (χ2v) is 14.7. The maximum Gasteiger partial charge on any atom is 0.411 e. The van der Waals surface area contributed by atoms with Crippen LogP contribution in [0.15, 0.2) is 194 Å². The minimum atomic E-state index is -5.71. The lowest BCUT2D eigenvalue weighted by Crippen LogP contribution is -2.54. The lowest BCUT2D eigenvalue weighted by atomic mass is 9.72. The van der Waals surface area contributed by atoms with Crippen LogP contribution in [-0.4, -0.2) is 21.5 Å². The molecule has 0 fully saturated rings. The van der Waals surface area contributed by atoms with E-state index in [1.54, 1.807) is 0 Å². The molecule has 0 aliphatic heterocycles. The lowest BCUT2D eigenvalue weighted by molar-refractivity contribution is -0.288. The molecule has 0 bridgehead atoms. The van der Waals surface area contributed by atoms with Gasteiger partial charge in [0.15, 0.2) is 0 Å². The fraction of sp³-hybridized carbons (Fsp3) is 0.0588. The van der Waals surface area contributed by atoms with Crippen molar-refractivity contribution >= 4 is 43.6 Å². The Kier molecular flexibility index (Phi) is 8.32. The van der Waals surface area contributed by atoms with E-state index in [-0.39, 0.29) is 0 Å². The van der Waals surface area contributed by atoms with Gasteiger partial charge in [-0.25, -0.2) is 0 Å². The van der Waals surface area contributed by atoms with Crippen molar-refractivity contribution in [2.45, 2.75) is 17.8 Å². The van der Waals surface area contributed by atoms with Crippen LogP contribution in [0.5, 0.6) is 0 Å². The molecule has 0 atom stereocenters. The monoisotopic (exact) mass is 786 g/mol. The lowest BCUT2D eigenvalue weighted by Gasteiger charge is -2.38. The summed E-state index contributed by atoms with van der Waals surface area (Å²) in [6, 6.07) is 56.2. The number of aromatic nitrogens is 2. The largest absolute Gasteiger partial charge is 0.411 e. The summed E-state index contributed by atoms with van der Waals surface area (Å²) in [4.78, 5) is 0. The molecular weight excluding hydrogens is 755 g/mol. The van der Waals surface area contributed by atoms with Crippen LogP contribution in [0.2, 0.25) is 0 Å². The Balaban J connectivity index is 0.974. The zero-order chi connectivity index (χ0) is 40.5. The minimum Gasteiger partial charge on any atom is -0.309 e. The van der Waals surface area contributed by atoms with Gasteiger partial charge in [0.1, 0.15) is 0 Å². The van der Waals surface area contributed by atoms with Gasteiger partial charge in [-0.2, -0.15) is 26.3 Å². The third-order valence-corrected chi connectivity index (χ3v) is 11.6. The van der Waals surface area contributed by atoms with Gasteiger partial charge < -0.3 is 9.13 Å². The zero-order valence-corrected chi connectivity index (χ0v) is 31.1. The normalized spacial score (nSPS) is 12.6. The molecule has 10 rings (SSSR count). The summed E-state index contributed by atoms with van der Waals surface area (Å²) in [6.07, 6.45) is -11.4. The van der Waals surface area contributed by atoms with E-state index in [1.807, 2.05) is 121 Å². The van der Waals surface area contributed by atoms with Crippen molar-refractivity contribution in [2.24, 2.45) is 0 Å². The number of rotatable bonds is 6. The first-order chi connectivity index (χ1) is 28.5. The maximum atomic E-state index is 15.2. The summed E-state index contributed by atoms with van der Waals surface area (Å²) in [5.41, 5.74) is 2.00. The smallest absolute Gasteiger partial charge is 0.309 e. The number of hydrogen-bond acceptors (Lipinski definition) is 0. The molecule has 0 saturated carbocycles. The topological polar surface area (TPSA) is 9.86 Å². The van der Waals surface area contributed by atoms with E-state index >= 15 is 26.3 Å². The van der Waals surface area contributed by atoms with E-state index in [1.165, 1.54) is 24.3 Å². The highest BCUT2D eigenvalue weighted by Crippen LogP contribution is 2.56. The number of benzene rings is 8. The molecule has 0 radical (unpaired) electrons. The van der Waals surface area contributed by atoms with E-state index in [2.05, 4.69) is 33.4 Å². The van der Waals surface area contributed by atoms with Crippen LogP contribution < -0.4 is 0 Å². The molecule has 2 aromatic heterocycles. The second-order valence-electron chi connectivity index (χ2n) is 14.7. The van der Waals surface area contributed by atoms with Crippen molar-refractivity contribution in [3.05, 3.63) is 205 Å². The van der Waals surface area contributed by atoms with Crippen molar-refractivity contribution in [1.29, 1.82) is 0 Å². The first-order valence-corrected chi connectivity index (χ1v) is 19.1. The second kappa shape index (κ2) is 13.5. The molecule has 288 valence electrons. The third-order valence-electron chi connectivity index (χ3n) is 11.6. The van der Waals surface area contributed by atoms with Crippen LogP contribution in [0.4, 0.5) is 26.3 Å². The Morgan fingerprint density at radius 1 is 0.271 bits per heavy atom. The number of alkyl halides is 6. The van der Waals surface area contributed by atoms with Gasteiger partial charge in [-0.3, -0.25) is 0 Å². The average molecular weight is 787 g/mol. The Bertz CT molecular complexity index is 2830. The molecule has 0 unspecified atom stereocenters. The molecular formula is C51H32F6N2. The van der Waals surface area contributed by atoms with Crippen molar-refractivity contribution in [1.82, 2.24) is 9.13 Å². The Hall–Kier alpha value is -7.06. The fourth-order valence-electron chi connectivity index (χ4n) is 8.81. The molecule has 10 aromatic rings. The van der Waals surface area contributed by atoms with Crippen LogP contribution in [0.3, 0.4) is 0 Å². The maximum absolute atomic E-state index is 15.2. The van der Waals surface area contributed by atoms with Gasteiger partial charge in [0.2, 0.25) is 5.41 Å². The predicted molar refractivity (Wildman–Crippen MR) is 225 cm³/mol. The van der Waals surface area contributed by atoms with E-state index in [0.29, 0.717) is 22.3 Å². The molecule has 59 heavy (non-hydrogen) atoms. The molecule has 8 aromatic carbocycles. The van der Waals surface area contributed by atoms with Gasteiger partial charge in [-0.15, -0.1) is 0 Å². The molecule has 0 spiro atoms. The first-order valence-electron chi connectivity index (χ1n) is 19.1. The Labute approximate surface area is 334 Å². The highest BCUT2D eigenvalue weighted by Gasteiger charge is 2.72. The molecule has 8 heteroatoms. The number of para-hydroxylation sites is 4. The Morgan fingerprint density at radius 2 is 0.508 bits per heavy atom. The zero-order valence-electron chi connectivity index (χ0n) is 31.1. The van der Waals surface area contributed by atoms with E-state index in [4.69, 9.17) is 0 Å². The number of hydrogen-bond donors (Lipinski definition) is 0. The van der Waals surface area contributed by atoms with Crippen LogP contribution in [0.1, 0.15) is 11.1 Å². The summed E-state index contributed by atoms with van der Waals surface area (Å²) < 4.78 is 95.3. The van der Waals surface area contributed by atoms with E-state index in [9.17, 15) is 0 Å². The Morgan fingerprint density at radius 3 is 0.763 bits per heavy atom. The van der Waals surface area contributed by atoms with Gasteiger partial charge in [0, 0.05) is 32.9 Å². The van der Waals surface area contributed by atoms with Gasteiger partial charge in [0.25, 0.3) is 0 Å². The standard InChI is InChI=1S/C51H32F6N2/c52-50(53,54)49(51(55,56)57,37-25-17-33(18-26-37)35-21-29-39(30-22-35)58-45-13-5-1-9-41(45)42-10-2-6-14-46(42)58)38-27-19-34(20-28-38)36-23-31-40(32-24-36)59-47-15-7-3-11-43(47)44-12-4-8-16-48(44)59/h1-32H. The fourth-order valence-corrected chi connectivity index (χ4v) is 8.81. The highest BCUT2D eigenvalue weighted by atomic mass is 19.4. The van der Waals surface area contributed by atoms with Crippen molar-refractivity contribution in [3.8, 4) is 33.6 Å². The molecule has 2 heterocycles. The van der Waals surface area contributed by atoms with E-state index in [0.717, 1.165) is 79.3 Å². The van der Waals surface area contributed by atoms with Gasteiger partial charge >= 0.3 is 12.4 Å². The van der Waals surface area contributed by atoms with Gasteiger partial charge in [-0.1, -0.05) is 146 Å². The number of nitrogens with zero attached hydrogens (tertiary/aromatic N) is 2. The van der Waals surface area contributed by atoms with Crippen LogP contribution >= 0.6 is 0 Å². The minimum absolute atomic E-state index is 0.487. The third kappa shape index (κ3) is 5.65. The van der Waals surface area contributed by atoms with E-state index < -0.39 is 28.9 Å². The van der Waals surface area contributed by atoms with Gasteiger partial charge in [-0.05, 0) is 81.9 Å². The van der Waals surface area contributed by atoms with Crippen LogP contribution in [0.25, 0.3) is 77.2 Å². The van der Waals surface area contributed by atoms with Crippen molar-refractivity contribution < 1.29 is 26.3 Å². The van der Waals surface area contributed by atoms with Crippen LogP contribution in [-0.2, 0) is 5.41 Å². The van der Waals surface area contributed by atoms with Crippen molar-refractivity contribution in [2.75, 3.05) is 0 Å². The predicted octanol–water partition coefficient (Wildman–Crippen LogP) is 14.6. The summed E-state index contributed by atoms with van der Waals surface area (Å²) in [6.45, 7) is 0.